The number of thioether (sulfide) groups is 1. The van der Waals surface area contributed by atoms with E-state index in [2.05, 4.69) is 10.3 Å². The van der Waals surface area contributed by atoms with Crippen molar-refractivity contribution in [1.29, 1.82) is 0 Å². The quantitative estimate of drug-likeness (QED) is 0.379. The van der Waals surface area contributed by atoms with Crippen molar-refractivity contribution in [3.63, 3.8) is 0 Å². The summed E-state index contributed by atoms with van der Waals surface area (Å²) in [5.41, 5.74) is 2.39. The number of nitrogens with one attached hydrogen (secondary N) is 1. The van der Waals surface area contributed by atoms with Crippen molar-refractivity contribution in [2.24, 2.45) is 0 Å². The maximum atomic E-state index is 12.4. The highest BCUT2D eigenvalue weighted by atomic mass is 32.2. The van der Waals surface area contributed by atoms with E-state index in [1.54, 1.807) is 30.8 Å². The number of hydrogen-bond donors (Lipinski definition) is 1. The van der Waals surface area contributed by atoms with Crippen LogP contribution in [0.3, 0.4) is 0 Å². The molecule has 0 unspecified atom stereocenters. The van der Waals surface area contributed by atoms with Crippen molar-refractivity contribution in [2.45, 2.75) is 11.8 Å². The summed E-state index contributed by atoms with van der Waals surface area (Å²) in [6.07, 6.45) is 2.01. The summed E-state index contributed by atoms with van der Waals surface area (Å²) in [6, 6.07) is 12.4. The van der Waals surface area contributed by atoms with E-state index in [0.29, 0.717) is 10.7 Å². The second-order valence-corrected chi connectivity index (χ2v) is 7.22. The molecule has 1 aromatic heterocycles. The highest BCUT2D eigenvalue weighted by Gasteiger charge is 2.16. The van der Waals surface area contributed by atoms with Crippen LogP contribution in [0, 0.1) is 17.0 Å². The lowest BCUT2D eigenvalue weighted by Crippen LogP contribution is -2.12. The molecule has 0 bridgehead atoms. The van der Waals surface area contributed by atoms with E-state index in [4.69, 9.17) is 0 Å². The van der Waals surface area contributed by atoms with Crippen LogP contribution in [-0.2, 0) is 0 Å². The summed E-state index contributed by atoms with van der Waals surface area (Å²) in [5.74, 6) is -0.424. The van der Waals surface area contributed by atoms with Gasteiger partial charge in [0.1, 0.15) is 0 Å². The smallest absolute Gasteiger partial charge is 0.273 e. The minimum atomic E-state index is -0.494. The first-order chi connectivity index (χ1) is 12.5. The molecule has 6 nitrogen and oxygen atoms in total. The Kier molecular flexibility index (Phi) is 5.34. The Morgan fingerprint density at radius 3 is 2.62 bits per heavy atom. The van der Waals surface area contributed by atoms with Crippen LogP contribution in [-0.4, -0.2) is 22.1 Å². The van der Waals surface area contributed by atoms with Gasteiger partial charge in [-0.1, -0.05) is 18.2 Å². The average Bonchev–Trinajstić information content (AvgIpc) is 3.10. The standard InChI is InChI=1S/C18H15N3O3S2/c1-11-3-4-13(9-16(11)21(23)24)17(22)20-18-19-15(10-26-18)12-5-7-14(25-2)8-6-12/h3-10H,1-2H3,(H,19,20,22). The van der Waals surface area contributed by atoms with Gasteiger partial charge in [0.15, 0.2) is 5.13 Å². The molecule has 0 saturated carbocycles. The Morgan fingerprint density at radius 2 is 1.96 bits per heavy atom. The van der Waals surface area contributed by atoms with E-state index in [0.717, 1.165) is 11.3 Å². The number of aromatic nitrogens is 1. The molecule has 1 N–H and O–H groups in total. The van der Waals surface area contributed by atoms with Gasteiger partial charge in [0.05, 0.1) is 10.6 Å². The zero-order chi connectivity index (χ0) is 18.7. The maximum Gasteiger partial charge on any atom is 0.273 e. The molecule has 0 atom stereocenters. The summed E-state index contributed by atoms with van der Waals surface area (Å²) in [5, 5.41) is 16.0. The average molecular weight is 385 g/mol. The summed E-state index contributed by atoms with van der Waals surface area (Å²) >= 11 is 2.97. The summed E-state index contributed by atoms with van der Waals surface area (Å²) < 4.78 is 0. The normalized spacial score (nSPS) is 10.5. The SMILES string of the molecule is CSc1ccc(-c2csc(NC(=O)c3ccc(C)c([N+](=O)[O-])c3)n2)cc1. The predicted octanol–water partition coefficient (Wildman–Crippen LogP) is 5.00. The lowest BCUT2D eigenvalue weighted by atomic mass is 10.1. The van der Waals surface area contributed by atoms with Crippen LogP contribution in [0.5, 0.6) is 0 Å². The molecule has 26 heavy (non-hydrogen) atoms. The van der Waals surface area contributed by atoms with E-state index in [1.165, 1.54) is 22.3 Å². The molecule has 0 saturated heterocycles. The van der Waals surface area contributed by atoms with E-state index >= 15 is 0 Å². The third kappa shape index (κ3) is 3.92. The summed E-state index contributed by atoms with van der Waals surface area (Å²) in [4.78, 5) is 28.5. The van der Waals surface area contributed by atoms with Gasteiger partial charge >= 0.3 is 0 Å². The molecule has 132 valence electrons. The molecular weight excluding hydrogens is 370 g/mol. The molecule has 0 aliphatic carbocycles. The first-order valence-electron chi connectivity index (χ1n) is 7.64. The molecule has 1 amide bonds. The lowest BCUT2D eigenvalue weighted by molar-refractivity contribution is -0.385. The van der Waals surface area contributed by atoms with Gasteiger partial charge in [-0.05, 0) is 31.4 Å². The minimum absolute atomic E-state index is 0.0774. The lowest BCUT2D eigenvalue weighted by Gasteiger charge is -2.03. The van der Waals surface area contributed by atoms with Crippen molar-refractivity contribution in [1.82, 2.24) is 4.98 Å². The van der Waals surface area contributed by atoms with E-state index < -0.39 is 10.8 Å². The van der Waals surface area contributed by atoms with Gasteiger partial charge in [-0.25, -0.2) is 4.98 Å². The highest BCUT2D eigenvalue weighted by Crippen LogP contribution is 2.27. The second kappa shape index (κ2) is 7.67. The van der Waals surface area contributed by atoms with Crippen LogP contribution in [0.15, 0.2) is 52.7 Å². The Bertz CT molecular complexity index is 968. The number of anilines is 1. The number of hydrogen-bond acceptors (Lipinski definition) is 6. The van der Waals surface area contributed by atoms with Crippen molar-refractivity contribution in [3.05, 3.63) is 69.1 Å². The van der Waals surface area contributed by atoms with E-state index in [9.17, 15) is 14.9 Å². The van der Waals surface area contributed by atoms with Crippen molar-refractivity contribution >= 4 is 39.8 Å². The van der Waals surface area contributed by atoms with Crippen LogP contribution in [0.4, 0.5) is 10.8 Å². The zero-order valence-electron chi connectivity index (χ0n) is 14.1. The van der Waals surface area contributed by atoms with Crippen LogP contribution in [0.1, 0.15) is 15.9 Å². The van der Waals surface area contributed by atoms with E-state index in [1.807, 2.05) is 35.9 Å². The molecule has 3 aromatic rings. The van der Waals surface area contributed by atoms with Gasteiger partial charge in [0, 0.05) is 33.0 Å². The molecule has 0 fully saturated rings. The molecule has 2 aromatic carbocycles. The summed E-state index contributed by atoms with van der Waals surface area (Å²) in [7, 11) is 0. The highest BCUT2D eigenvalue weighted by molar-refractivity contribution is 7.98. The van der Waals surface area contributed by atoms with Gasteiger partial charge in [-0.3, -0.25) is 20.2 Å². The number of aryl methyl sites for hydroxylation is 1. The van der Waals surface area contributed by atoms with Crippen LogP contribution >= 0.6 is 23.1 Å². The van der Waals surface area contributed by atoms with Gasteiger partial charge in [0.25, 0.3) is 11.6 Å². The Balaban J connectivity index is 1.77. The fourth-order valence-electron chi connectivity index (χ4n) is 2.34. The fourth-order valence-corrected chi connectivity index (χ4v) is 3.47. The number of amides is 1. The van der Waals surface area contributed by atoms with Crippen LogP contribution in [0.2, 0.25) is 0 Å². The number of nitro groups is 1. The minimum Gasteiger partial charge on any atom is -0.298 e. The molecule has 0 aliphatic rings. The van der Waals surface area contributed by atoms with Crippen molar-refractivity contribution in [2.75, 3.05) is 11.6 Å². The Labute approximate surface area is 158 Å². The number of carbonyl (C=O) groups is 1. The van der Waals surface area contributed by atoms with E-state index in [-0.39, 0.29) is 11.3 Å². The topological polar surface area (TPSA) is 85.1 Å². The third-order valence-corrected chi connectivity index (χ3v) is 5.28. The first-order valence-corrected chi connectivity index (χ1v) is 9.74. The predicted molar refractivity (Wildman–Crippen MR) is 105 cm³/mol. The van der Waals surface area contributed by atoms with Crippen LogP contribution < -0.4 is 5.32 Å². The monoisotopic (exact) mass is 385 g/mol. The molecule has 1 heterocycles. The first kappa shape index (κ1) is 18.1. The number of benzene rings is 2. The molecule has 0 aliphatic heterocycles. The number of nitrogens with zero attached hydrogens (tertiary/aromatic N) is 2. The molecular formula is C18H15N3O3S2. The van der Waals surface area contributed by atoms with Gasteiger partial charge in [-0.15, -0.1) is 23.1 Å². The third-order valence-electron chi connectivity index (χ3n) is 3.78. The Morgan fingerprint density at radius 1 is 1.23 bits per heavy atom. The number of nitro benzene ring substituents is 1. The Hall–Kier alpha value is -2.71. The van der Waals surface area contributed by atoms with Gasteiger partial charge < -0.3 is 0 Å². The van der Waals surface area contributed by atoms with Crippen LogP contribution in [0.25, 0.3) is 11.3 Å². The molecule has 0 spiro atoms. The molecule has 3 rings (SSSR count). The number of rotatable bonds is 5. The van der Waals surface area contributed by atoms with Gasteiger partial charge in [0.2, 0.25) is 0 Å². The second-order valence-electron chi connectivity index (χ2n) is 5.48. The zero-order valence-corrected chi connectivity index (χ0v) is 15.7. The van der Waals surface area contributed by atoms with Crippen molar-refractivity contribution < 1.29 is 9.72 Å². The van der Waals surface area contributed by atoms with Gasteiger partial charge in [-0.2, -0.15) is 0 Å². The fraction of sp³-hybridized carbons (Fsp3) is 0.111. The van der Waals surface area contributed by atoms with Crippen molar-refractivity contribution in [3.8, 4) is 11.3 Å². The molecule has 0 radical (unpaired) electrons. The maximum absolute atomic E-state index is 12.4. The summed E-state index contributed by atoms with van der Waals surface area (Å²) in [6.45, 7) is 1.63. The number of thiazole rings is 1. The largest absolute Gasteiger partial charge is 0.298 e. The molecule has 8 heteroatoms. The number of carbonyl (C=O) groups excluding carboxylic acids is 1.